The van der Waals surface area contributed by atoms with E-state index in [1.54, 1.807) is 0 Å². The molecule has 0 radical (unpaired) electrons. The number of nitrogens with two attached hydrogens (primary N) is 1. The molecule has 1 rings (SSSR count). The van der Waals surface area contributed by atoms with Crippen molar-refractivity contribution in [3.05, 3.63) is 0 Å². The molecular weight excluding hydrogens is 120 g/mol. The number of carbonyl (C=O) groups is 2. The number of nitrogens with zero attached hydrogens (tertiary/aromatic N) is 1. The molecule has 1 fully saturated rings. The second kappa shape index (κ2) is 2.05. The number of carbonyl (C=O) groups excluding carboxylic acids is 2. The summed E-state index contributed by atoms with van der Waals surface area (Å²) in [6, 6.07) is -0.499. The van der Waals surface area contributed by atoms with E-state index in [0.717, 1.165) is 0 Å². The summed E-state index contributed by atoms with van der Waals surface area (Å²) in [6.07, 6.45) is 0.461. The highest BCUT2D eigenvalue weighted by atomic mass is 16.2. The molecule has 50 valence electrons. The van der Waals surface area contributed by atoms with Gasteiger partial charge in [-0.2, -0.15) is 0 Å². The lowest BCUT2D eigenvalue weighted by Gasteiger charge is -2.08. The van der Waals surface area contributed by atoms with Crippen molar-refractivity contribution < 1.29 is 9.59 Å². The number of hydrogen-bond acceptors (Lipinski definition) is 2. The molecule has 1 saturated heterocycles. The van der Waals surface area contributed by atoms with E-state index in [9.17, 15) is 9.59 Å². The Balaban J connectivity index is 2.48. The Morgan fingerprint density at radius 1 is 1.67 bits per heavy atom. The number of Topliss-reactive ketones (excluding diaryl/α,β-unsaturated/α-hetero) is 1. The van der Waals surface area contributed by atoms with Crippen LogP contribution in [0.25, 0.3) is 0 Å². The molecule has 0 unspecified atom stereocenters. The highest BCUT2D eigenvalue weighted by Crippen LogP contribution is 2.01. The van der Waals surface area contributed by atoms with Crippen LogP contribution in [0.15, 0.2) is 0 Å². The fourth-order valence-electron chi connectivity index (χ4n) is 0.819. The van der Waals surface area contributed by atoms with Crippen molar-refractivity contribution in [1.29, 1.82) is 0 Å². The van der Waals surface area contributed by atoms with E-state index in [0.29, 0.717) is 13.0 Å². The molecule has 1 heterocycles. The average Bonchev–Trinajstić information content (AvgIpc) is 2.14. The van der Waals surface area contributed by atoms with Crippen molar-refractivity contribution in [2.24, 2.45) is 5.73 Å². The van der Waals surface area contributed by atoms with Crippen LogP contribution in [-0.2, 0) is 4.79 Å². The maximum atomic E-state index is 10.5. The molecule has 0 saturated carbocycles. The predicted molar refractivity (Wildman–Crippen MR) is 30.8 cm³/mol. The number of amides is 2. The number of likely N-dealkylation sites (tertiary alicyclic amines) is 1. The van der Waals surface area contributed by atoms with Crippen LogP contribution in [0, 0.1) is 0 Å². The third-order valence-electron chi connectivity index (χ3n) is 1.34. The maximum absolute atomic E-state index is 10.5. The fraction of sp³-hybridized carbons (Fsp3) is 0.600. The fourth-order valence-corrected chi connectivity index (χ4v) is 0.819. The zero-order chi connectivity index (χ0) is 6.85. The summed E-state index contributed by atoms with van der Waals surface area (Å²) in [5.41, 5.74) is 4.89. The normalized spacial score (nSPS) is 18.7. The van der Waals surface area contributed by atoms with Gasteiger partial charge in [0.15, 0.2) is 5.78 Å². The van der Waals surface area contributed by atoms with Crippen LogP contribution in [-0.4, -0.2) is 29.8 Å². The van der Waals surface area contributed by atoms with Crippen molar-refractivity contribution in [1.82, 2.24) is 4.90 Å². The largest absolute Gasteiger partial charge is 0.351 e. The summed E-state index contributed by atoms with van der Waals surface area (Å²) in [4.78, 5) is 22.2. The van der Waals surface area contributed by atoms with Gasteiger partial charge in [-0.05, 0) is 0 Å². The van der Waals surface area contributed by atoms with Gasteiger partial charge in [0, 0.05) is 13.0 Å². The van der Waals surface area contributed by atoms with Crippen molar-refractivity contribution in [2.75, 3.05) is 13.1 Å². The van der Waals surface area contributed by atoms with E-state index >= 15 is 0 Å². The third-order valence-corrected chi connectivity index (χ3v) is 1.34. The van der Waals surface area contributed by atoms with Gasteiger partial charge in [-0.15, -0.1) is 0 Å². The minimum atomic E-state index is -0.499. The number of hydrogen-bond donors (Lipinski definition) is 1. The lowest BCUT2D eigenvalue weighted by molar-refractivity contribution is -0.116. The van der Waals surface area contributed by atoms with Crippen LogP contribution in [0.4, 0.5) is 4.79 Å². The lowest BCUT2D eigenvalue weighted by atomic mass is 10.4. The second-order valence-electron chi connectivity index (χ2n) is 2.05. The van der Waals surface area contributed by atoms with E-state index < -0.39 is 6.03 Å². The van der Waals surface area contributed by atoms with Gasteiger partial charge < -0.3 is 10.6 Å². The zero-order valence-corrected chi connectivity index (χ0v) is 4.96. The average molecular weight is 128 g/mol. The van der Waals surface area contributed by atoms with Gasteiger partial charge in [0.05, 0.1) is 6.54 Å². The number of rotatable bonds is 0. The van der Waals surface area contributed by atoms with Gasteiger partial charge in [-0.3, -0.25) is 4.79 Å². The molecule has 0 spiro atoms. The lowest BCUT2D eigenvalue weighted by Crippen LogP contribution is -2.33. The van der Waals surface area contributed by atoms with Crippen molar-refractivity contribution >= 4 is 11.8 Å². The van der Waals surface area contributed by atoms with Crippen LogP contribution in [0.3, 0.4) is 0 Å². The first kappa shape index (κ1) is 6.07. The van der Waals surface area contributed by atoms with Crippen LogP contribution in [0.1, 0.15) is 6.42 Å². The summed E-state index contributed by atoms with van der Waals surface area (Å²) < 4.78 is 0. The molecule has 0 aliphatic carbocycles. The van der Waals surface area contributed by atoms with Gasteiger partial charge >= 0.3 is 6.03 Å². The van der Waals surface area contributed by atoms with Crippen molar-refractivity contribution in [2.45, 2.75) is 6.42 Å². The molecule has 0 bridgehead atoms. The van der Waals surface area contributed by atoms with Gasteiger partial charge in [-0.1, -0.05) is 0 Å². The molecule has 0 aromatic carbocycles. The SMILES string of the molecule is NC(=O)N1CCC(=O)C1. The van der Waals surface area contributed by atoms with Crippen molar-refractivity contribution in [3.63, 3.8) is 0 Å². The molecule has 1 aliphatic heterocycles. The summed E-state index contributed by atoms with van der Waals surface area (Å²) in [5, 5.41) is 0. The first-order valence-corrected chi connectivity index (χ1v) is 2.76. The van der Waals surface area contributed by atoms with E-state index in [4.69, 9.17) is 5.73 Å². The third kappa shape index (κ3) is 1.19. The molecule has 0 aromatic rings. The Morgan fingerprint density at radius 3 is 2.56 bits per heavy atom. The molecule has 2 amide bonds. The summed E-state index contributed by atoms with van der Waals surface area (Å²) >= 11 is 0. The smallest absolute Gasteiger partial charge is 0.315 e. The Morgan fingerprint density at radius 2 is 2.33 bits per heavy atom. The van der Waals surface area contributed by atoms with Gasteiger partial charge in [-0.25, -0.2) is 4.79 Å². The van der Waals surface area contributed by atoms with E-state index in [-0.39, 0.29) is 12.3 Å². The van der Waals surface area contributed by atoms with Gasteiger partial charge in [0.2, 0.25) is 0 Å². The highest BCUT2D eigenvalue weighted by molar-refractivity contribution is 5.88. The first-order valence-electron chi connectivity index (χ1n) is 2.76. The zero-order valence-electron chi connectivity index (χ0n) is 4.96. The summed E-state index contributed by atoms with van der Waals surface area (Å²) in [6.45, 7) is 0.698. The minimum absolute atomic E-state index is 0.0915. The molecule has 1 aliphatic rings. The van der Waals surface area contributed by atoms with Gasteiger partial charge in [0.1, 0.15) is 0 Å². The molecule has 4 heteroatoms. The van der Waals surface area contributed by atoms with E-state index in [2.05, 4.69) is 0 Å². The van der Waals surface area contributed by atoms with Crippen molar-refractivity contribution in [3.8, 4) is 0 Å². The molecule has 0 atom stereocenters. The summed E-state index contributed by atoms with van der Waals surface area (Å²) in [7, 11) is 0. The molecule has 9 heavy (non-hydrogen) atoms. The Kier molecular flexibility index (Phi) is 1.38. The maximum Gasteiger partial charge on any atom is 0.315 e. The van der Waals surface area contributed by atoms with E-state index in [1.807, 2.05) is 0 Å². The van der Waals surface area contributed by atoms with Gasteiger partial charge in [0.25, 0.3) is 0 Å². The van der Waals surface area contributed by atoms with Crippen LogP contribution < -0.4 is 5.73 Å². The topological polar surface area (TPSA) is 63.4 Å². The Bertz CT molecular complexity index is 155. The monoisotopic (exact) mass is 128 g/mol. The van der Waals surface area contributed by atoms with E-state index in [1.165, 1.54) is 4.90 Å². The van der Waals surface area contributed by atoms with Crippen LogP contribution >= 0.6 is 0 Å². The predicted octanol–water partition coefficient (Wildman–Crippen LogP) is -0.660. The Labute approximate surface area is 52.6 Å². The van der Waals surface area contributed by atoms with Crippen LogP contribution in [0.2, 0.25) is 0 Å². The number of ketones is 1. The molecule has 2 N–H and O–H groups in total. The first-order chi connectivity index (χ1) is 4.20. The standard InChI is InChI=1S/C5H8N2O2/c6-5(9)7-2-1-4(8)3-7/h1-3H2,(H2,6,9). The second-order valence-corrected chi connectivity index (χ2v) is 2.05. The highest BCUT2D eigenvalue weighted by Gasteiger charge is 2.21. The summed E-state index contributed by atoms with van der Waals surface area (Å²) in [5.74, 6) is 0.0915. The number of urea groups is 1. The Hall–Kier alpha value is -1.06. The quantitative estimate of drug-likeness (QED) is 0.470. The molecular formula is C5H8N2O2. The molecule has 4 nitrogen and oxygen atoms in total. The molecule has 0 aromatic heterocycles. The van der Waals surface area contributed by atoms with Crippen LogP contribution in [0.5, 0.6) is 0 Å². The minimum Gasteiger partial charge on any atom is -0.351 e. The number of primary amides is 1.